The molecule has 1 aromatic carbocycles. The lowest BCUT2D eigenvalue weighted by Crippen LogP contribution is -2.10. The lowest BCUT2D eigenvalue weighted by molar-refractivity contribution is 0.316. The second kappa shape index (κ2) is 4.91. The highest BCUT2D eigenvalue weighted by Crippen LogP contribution is 2.34. The highest BCUT2D eigenvalue weighted by molar-refractivity contribution is 5.46. The number of ether oxygens (including phenoxy) is 1. The Morgan fingerprint density at radius 3 is 3.16 bits per heavy atom. The molecule has 0 spiro atoms. The molecule has 1 N–H and O–H groups in total. The van der Waals surface area contributed by atoms with Crippen LogP contribution >= 0.6 is 0 Å². The Hall–Kier alpha value is -2.04. The number of halogens is 1. The Bertz CT molecular complexity index is 582. The third-order valence-corrected chi connectivity index (χ3v) is 3.29. The predicted octanol–water partition coefficient (Wildman–Crippen LogP) is 2.89. The first-order valence-electron chi connectivity index (χ1n) is 6.40. The van der Waals surface area contributed by atoms with Crippen molar-refractivity contribution in [2.75, 3.05) is 11.9 Å². The summed E-state index contributed by atoms with van der Waals surface area (Å²) < 4.78 is 20.8. The summed E-state index contributed by atoms with van der Waals surface area (Å²) >= 11 is 0. The van der Waals surface area contributed by atoms with Gasteiger partial charge in [-0.1, -0.05) is 0 Å². The van der Waals surface area contributed by atoms with Gasteiger partial charge in [0.05, 0.1) is 24.5 Å². The zero-order valence-electron chi connectivity index (χ0n) is 10.8. The fourth-order valence-corrected chi connectivity index (χ4v) is 2.40. The molecule has 0 amide bonds. The van der Waals surface area contributed by atoms with E-state index >= 15 is 0 Å². The van der Waals surface area contributed by atoms with Crippen LogP contribution in [0, 0.1) is 5.82 Å². The summed E-state index contributed by atoms with van der Waals surface area (Å²) in [6.07, 6.45) is 5.52. The van der Waals surface area contributed by atoms with Gasteiger partial charge < -0.3 is 10.1 Å². The van der Waals surface area contributed by atoms with Crippen molar-refractivity contribution in [2.24, 2.45) is 7.05 Å². The van der Waals surface area contributed by atoms with Crippen LogP contribution < -0.4 is 10.1 Å². The van der Waals surface area contributed by atoms with Crippen LogP contribution in [0.15, 0.2) is 30.6 Å². The van der Waals surface area contributed by atoms with Crippen molar-refractivity contribution >= 4 is 5.69 Å². The van der Waals surface area contributed by atoms with Gasteiger partial charge in [0.15, 0.2) is 0 Å². The summed E-state index contributed by atoms with van der Waals surface area (Å²) in [7, 11) is 1.87. The lowest BCUT2D eigenvalue weighted by atomic mass is 10.0. The maximum atomic E-state index is 13.4. The Labute approximate surface area is 111 Å². The topological polar surface area (TPSA) is 39.1 Å². The molecule has 2 aromatic rings. The van der Waals surface area contributed by atoms with Crippen molar-refractivity contribution < 1.29 is 9.13 Å². The van der Waals surface area contributed by atoms with E-state index in [1.165, 1.54) is 6.07 Å². The predicted molar refractivity (Wildman–Crippen MR) is 70.7 cm³/mol. The van der Waals surface area contributed by atoms with Crippen LogP contribution in [-0.2, 0) is 7.05 Å². The zero-order valence-corrected chi connectivity index (χ0v) is 10.8. The lowest BCUT2D eigenvalue weighted by Gasteiger charge is -2.18. The molecule has 3 rings (SSSR count). The van der Waals surface area contributed by atoms with Crippen molar-refractivity contribution in [1.29, 1.82) is 0 Å². The molecule has 2 heterocycles. The van der Waals surface area contributed by atoms with E-state index in [-0.39, 0.29) is 11.9 Å². The van der Waals surface area contributed by atoms with Gasteiger partial charge in [-0.15, -0.1) is 0 Å². The number of anilines is 1. The standard InChI is InChI=1S/C14H16FN3O/c1-18-9-11(8-16-18)17-13-3-2-6-19-14-5-4-10(15)7-12(13)14/h4-5,7-9,13,17H,2-3,6H2,1H3. The molecule has 0 aliphatic carbocycles. The molecule has 1 aliphatic heterocycles. The number of nitrogens with zero attached hydrogens (tertiary/aromatic N) is 2. The molecule has 0 saturated carbocycles. The maximum absolute atomic E-state index is 13.4. The summed E-state index contributed by atoms with van der Waals surface area (Å²) in [4.78, 5) is 0. The minimum Gasteiger partial charge on any atom is -0.493 e. The van der Waals surface area contributed by atoms with E-state index in [2.05, 4.69) is 10.4 Å². The first-order valence-corrected chi connectivity index (χ1v) is 6.40. The molecule has 5 heteroatoms. The summed E-state index contributed by atoms with van der Waals surface area (Å²) in [6, 6.07) is 4.74. The first kappa shape index (κ1) is 12.0. The molecule has 100 valence electrons. The van der Waals surface area contributed by atoms with Crippen LogP contribution in [0.1, 0.15) is 24.4 Å². The minimum atomic E-state index is -0.234. The SMILES string of the molecule is Cn1cc(NC2CCCOc3ccc(F)cc32)cn1. The highest BCUT2D eigenvalue weighted by atomic mass is 19.1. The fraction of sp³-hybridized carbons (Fsp3) is 0.357. The molecule has 1 atom stereocenters. The Morgan fingerprint density at radius 1 is 1.47 bits per heavy atom. The number of aromatic nitrogens is 2. The van der Waals surface area contributed by atoms with Gasteiger partial charge in [-0.25, -0.2) is 4.39 Å². The number of nitrogens with one attached hydrogen (secondary N) is 1. The Balaban J connectivity index is 1.91. The van der Waals surface area contributed by atoms with E-state index in [0.29, 0.717) is 6.61 Å². The zero-order chi connectivity index (χ0) is 13.2. The molecule has 0 radical (unpaired) electrons. The van der Waals surface area contributed by atoms with Gasteiger partial charge in [0.1, 0.15) is 11.6 Å². The second-order valence-electron chi connectivity index (χ2n) is 4.77. The summed E-state index contributed by atoms with van der Waals surface area (Å²) in [5, 5.41) is 7.52. The van der Waals surface area contributed by atoms with Gasteiger partial charge in [0, 0.05) is 18.8 Å². The molecule has 1 aromatic heterocycles. The van der Waals surface area contributed by atoms with Gasteiger partial charge in [0.2, 0.25) is 0 Å². The van der Waals surface area contributed by atoms with Gasteiger partial charge in [-0.3, -0.25) is 4.68 Å². The summed E-state index contributed by atoms with van der Waals surface area (Å²) in [5.41, 5.74) is 1.81. The third kappa shape index (κ3) is 2.54. The normalized spacial score (nSPS) is 18.3. The van der Waals surface area contributed by atoms with Crippen molar-refractivity contribution in [3.8, 4) is 5.75 Å². The van der Waals surface area contributed by atoms with Crippen molar-refractivity contribution in [2.45, 2.75) is 18.9 Å². The number of hydrogen-bond donors (Lipinski definition) is 1. The molecule has 4 nitrogen and oxygen atoms in total. The quantitative estimate of drug-likeness (QED) is 0.903. The monoisotopic (exact) mass is 261 g/mol. The van der Waals surface area contributed by atoms with Crippen molar-refractivity contribution in [1.82, 2.24) is 9.78 Å². The summed E-state index contributed by atoms with van der Waals surface area (Å²) in [6.45, 7) is 0.670. The molecule has 19 heavy (non-hydrogen) atoms. The first-order chi connectivity index (χ1) is 9.22. The minimum absolute atomic E-state index is 0.0531. The van der Waals surface area contributed by atoms with Crippen LogP contribution in [0.25, 0.3) is 0 Å². The Kier molecular flexibility index (Phi) is 3.11. The Morgan fingerprint density at radius 2 is 2.37 bits per heavy atom. The number of rotatable bonds is 2. The van der Waals surface area contributed by atoms with Crippen LogP contribution in [0.4, 0.5) is 10.1 Å². The number of fused-ring (bicyclic) bond motifs is 1. The number of benzene rings is 1. The molecular formula is C14H16FN3O. The number of aryl methyl sites for hydroxylation is 1. The number of hydrogen-bond acceptors (Lipinski definition) is 3. The molecule has 0 bridgehead atoms. The molecule has 0 saturated heterocycles. The van der Waals surface area contributed by atoms with Crippen molar-refractivity contribution in [3.63, 3.8) is 0 Å². The van der Waals surface area contributed by atoms with Crippen LogP contribution in [0.5, 0.6) is 5.75 Å². The van der Waals surface area contributed by atoms with Crippen LogP contribution in [0.2, 0.25) is 0 Å². The van der Waals surface area contributed by atoms with E-state index in [0.717, 1.165) is 29.8 Å². The van der Waals surface area contributed by atoms with Gasteiger partial charge >= 0.3 is 0 Å². The van der Waals surface area contributed by atoms with E-state index in [9.17, 15) is 4.39 Å². The molecule has 1 unspecified atom stereocenters. The molecule has 0 fully saturated rings. The summed E-state index contributed by atoms with van der Waals surface area (Å²) in [5.74, 6) is 0.530. The second-order valence-corrected chi connectivity index (χ2v) is 4.77. The maximum Gasteiger partial charge on any atom is 0.124 e. The average Bonchev–Trinajstić information content (AvgIpc) is 2.69. The molecular weight excluding hydrogens is 245 g/mol. The van der Waals surface area contributed by atoms with Crippen molar-refractivity contribution in [3.05, 3.63) is 42.0 Å². The smallest absolute Gasteiger partial charge is 0.124 e. The van der Waals surface area contributed by atoms with Crippen LogP contribution in [0.3, 0.4) is 0 Å². The highest BCUT2D eigenvalue weighted by Gasteiger charge is 2.20. The average molecular weight is 261 g/mol. The van der Waals surface area contributed by atoms with E-state index in [1.807, 2.05) is 13.2 Å². The van der Waals surface area contributed by atoms with Gasteiger partial charge in [-0.2, -0.15) is 5.10 Å². The van der Waals surface area contributed by atoms with E-state index < -0.39 is 0 Å². The van der Waals surface area contributed by atoms with E-state index in [1.54, 1.807) is 23.0 Å². The molecule has 1 aliphatic rings. The fourth-order valence-electron chi connectivity index (χ4n) is 2.40. The van der Waals surface area contributed by atoms with Crippen LogP contribution in [-0.4, -0.2) is 16.4 Å². The third-order valence-electron chi connectivity index (χ3n) is 3.29. The van der Waals surface area contributed by atoms with Gasteiger partial charge in [0.25, 0.3) is 0 Å². The van der Waals surface area contributed by atoms with Gasteiger partial charge in [-0.05, 0) is 31.0 Å². The largest absolute Gasteiger partial charge is 0.493 e. The van der Waals surface area contributed by atoms with E-state index in [4.69, 9.17) is 4.74 Å².